The average Bonchev–Trinajstić information content (AvgIpc) is 3.22. The number of aryl methyl sites for hydroxylation is 1. The van der Waals surface area contributed by atoms with Crippen LogP contribution < -0.4 is 10.1 Å². The molecule has 8 nitrogen and oxygen atoms in total. The zero-order valence-electron chi connectivity index (χ0n) is 14.1. The largest absolute Gasteiger partial charge is 0.486 e. The van der Waals surface area contributed by atoms with Crippen LogP contribution in [-0.2, 0) is 6.61 Å². The highest BCUT2D eigenvalue weighted by atomic mass is 32.1. The molecule has 0 aliphatic carbocycles. The van der Waals surface area contributed by atoms with Crippen molar-refractivity contribution in [2.75, 3.05) is 5.32 Å². The van der Waals surface area contributed by atoms with Gasteiger partial charge in [-0.1, -0.05) is 6.07 Å². The van der Waals surface area contributed by atoms with Crippen LogP contribution in [0.15, 0.2) is 29.6 Å². The standard InChI is InChI=1S/C16H18N6O2S/c1-10(2)22-14(19-20-21-22)8-24-13-6-4-5-12(7-13)15(23)18-16-17-11(3)9-25-16/h4-7,9-10H,8H2,1-3H3,(H,17,18,23). The second-order valence-corrected chi connectivity index (χ2v) is 6.56. The highest BCUT2D eigenvalue weighted by molar-refractivity contribution is 7.13. The number of nitrogens with one attached hydrogen (secondary N) is 1. The number of aromatic nitrogens is 5. The number of anilines is 1. The normalized spacial score (nSPS) is 10.9. The minimum absolute atomic E-state index is 0.146. The molecule has 0 radical (unpaired) electrons. The van der Waals surface area contributed by atoms with Crippen LogP contribution in [0.5, 0.6) is 5.75 Å². The van der Waals surface area contributed by atoms with E-state index in [9.17, 15) is 4.79 Å². The molecular formula is C16H18N6O2S. The van der Waals surface area contributed by atoms with Crippen molar-refractivity contribution >= 4 is 22.4 Å². The predicted octanol–water partition coefficient (Wildman–Crippen LogP) is 2.85. The van der Waals surface area contributed by atoms with Crippen molar-refractivity contribution in [3.63, 3.8) is 0 Å². The zero-order chi connectivity index (χ0) is 17.8. The molecule has 0 saturated carbocycles. The maximum Gasteiger partial charge on any atom is 0.257 e. The maximum absolute atomic E-state index is 12.3. The lowest BCUT2D eigenvalue weighted by atomic mass is 10.2. The first kappa shape index (κ1) is 17.0. The number of tetrazole rings is 1. The van der Waals surface area contributed by atoms with Crippen molar-refractivity contribution in [1.29, 1.82) is 0 Å². The maximum atomic E-state index is 12.3. The van der Waals surface area contributed by atoms with E-state index in [0.29, 0.717) is 22.3 Å². The molecule has 130 valence electrons. The quantitative estimate of drug-likeness (QED) is 0.728. The molecule has 3 aromatic rings. The summed E-state index contributed by atoms with van der Waals surface area (Å²) in [4.78, 5) is 16.5. The van der Waals surface area contributed by atoms with E-state index in [1.165, 1.54) is 11.3 Å². The summed E-state index contributed by atoms with van der Waals surface area (Å²) in [5.74, 6) is 0.969. The highest BCUT2D eigenvalue weighted by Gasteiger charge is 2.12. The Morgan fingerprint density at radius 1 is 1.40 bits per heavy atom. The van der Waals surface area contributed by atoms with E-state index >= 15 is 0 Å². The number of amides is 1. The molecule has 2 aromatic heterocycles. The van der Waals surface area contributed by atoms with Crippen molar-refractivity contribution in [2.45, 2.75) is 33.4 Å². The van der Waals surface area contributed by atoms with Gasteiger partial charge in [-0.05, 0) is 49.4 Å². The molecule has 0 atom stereocenters. The molecule has 9 heteroatoms. The van der Waals surface area contributed by atoms with Gasteiger partial charge in [0.2, 0.25) is 0 Å². The van der Waals surface area contributed by atoms with Gasteiger partial charge in [0.1, 0.15) is 12.4 Å². The molecule has 0 fully saturated rings. The molecule has 1 aromatic carbocycles. The fraction of sp³-hybridized carbons (Fsp3) is 0.312. The van der Waals surface area contributed by atoms with Crippen LogP contribution >= 0.6 is 11.3 Å². The number of thiazole rings is 1. The van der Waals surface area contributed by atoms with Crippen molar-refractivity contribution in [3.05, 3.63) is 46.7 Å². The minimum Gasteiger partial charge on any atom is -0.486 e. The van der Waals surface area contributed by atoms with E-state index in [0.717, 1.165) is 5.69 Å². The Morgan fingerprint density at radius 3 is 2.96 bits per heavy atom. The highest BCUT2D eigenvalue weighted by Crippen LogP contribution is 2.19. The lowest BCUT2D eigenvalue weighted by molar-refractivity contribution is 0.102. The van der Waals surface area contributed by atoms with Crippen LogP contribution in [-0.4, -0.2) is 31.1 Å². The van der Waals surface area contributed by atoms with Crippen molar-refractivity contribution in [3.8, 4) is 5.75 Å². The van der Waals surface area contributed by atoms with Gasteiger partial charge >= 0.3 is 0 Å². The lowest BCUT2D eigenvalue weighted by Crippen LogP contribution is -2.12. The molecule has 3 rings (SSSR count). The average molecular weight is 358 g/mol. The summed E-state index contributed by atoms with van der Waals surface area (Å²) in [6.45, 7) is 6.09. The molecule has 0 spiro atoms. The summed E-state index contributed by atoms with van der Waals surface area (Å²) in [5.41, 5.74) is 1.37. The van der Waals surface area contributed by atoms with E-state index in [-0.39, 0.29) is 18.6 Å². The molecule has 2 heterocycles. The first-order valence-electron chi connectivity index (χ1n) is 7.76. The molecular weight excluding hydrogens is 340 g/mol. The Morgan fingerprint density at radius 2 is 2.24 bits per heavy atom. The van der Waals surface area contributed by atoms with Crippen LogP contribution in [0.25, 0.3) is 0 Å². The van der Waals surface area contributed by atoms with Crippen molar-refractivity contribution < 1.29 is 9.53 Å². The fourth-order valence-electron chi connectivity index (χ4n) is 2.16. The van der Waals surface area contributed by atoms with Gasteiger partial charge in [0.25, 0.3) is 5.91 Å². The Labute approximate surface area is 148 Å². The number of nitrogens with zero attached hydrogens (tertiary/aromatic N) is 5. The summed E-state index contributed by atoms with van der Waals surface area (Å²) in [6.07, 6.45) is 0. The molecule has 1 N–H and O–H groups in total. The third kappa shape index (κ3) is 4.18. The van der Waals surface area contributed by atoms with E-state index in [1.54, 1.807) is 28.9 Å². The zero-order valence-corrected chi connectivity index (χ0v) is 14.9. The summed E-state index contributed by atoms with van der Waals surface area (Å²) in [5, 5.41) is 16.8. The Hall–Kier alpha value is -2.81. The van der Waals surface area contributed by atoms with Crippen molar-refractivity contribution in [1.82, 2.24) is 25.2 Å². The van der Waals surface area contributed by atoms with Gasteiger partial charge in [-0.15, -0.1) is 16.4 Å². The van der Waals surface area contributed by atoms with Gasteiger partial charge in [0.05, 0.1) is 11.7 Å². The molecule has 0 bridgehead atoms. The number of carbonyl (C=O) groups is 1. The van der Waals surface area contributed by atoms with E-state index in [2.05, 4.69) is 25.8 Å². The lowest BCUT2D eigenvalue weighted by Gasteiger charge is -2.10. The summed E-state index contributed by atoms with van der Waals surface area (Å²) in [7, 11) is 0. The number of rotatable bonds is 6. The number of ether oxygens (including phenoxy) is 1. The molecule has 0 unspecified atom stereocenters. The summed E-state index contributed by atoms with van der Waals surface area (Å²) >= 11 is 1.39. The predicted molar refractivity (Wildman–Crippen MR) is 93.8 cm³/mol. The van der Waals surface area contributed by atoms with Gasteiger partial charge in [-0.25, -0.2) is 9.67 Å². The smallest absolute Gasteiger partial charge is 0.257 e. The van der Waals surface area contributed by atoms with Crippen LogP contribution in [0, 0.1) is 6.92 Å². The first-order chi connectivity index (χ1) is 12.0. The number of hydrogen-bond donors (Lipinski definition) is 1. The Bertz CT molecular complexity index is 873. The molecule has 1 amide bonds. The number of hydrogen-bond acceptors (Lipinski definition) is 7. The SMILES string of the molecule is Cc1csc(NC(=O)c2cccc(OCc3nnnn3C(C)C)c2)n1. The summed E-state index contributed by atoms with van der Waals surface area (Å²) in [6, 6.07) is 7.10. The third-order valence-electron chi connectivity index (χ3n) is 3.35. The monoisotopic (exact) mass is 358 g/mol. The van der Waals surface area contributed by atoms with Gasteiger partial charge in [0.15, 0.2) is 11.0 Å². The fourth-order valence-corrected chi connectivity index (χ4v) is 2.85. The topological polar surface area (TPSA) is 94.8 Å². The van der Waals surface area contributed by atoms with E-state index in [4.69, 9.17) is 4.74 Å². The van der Waals surface area contributed by atoms with Crippen LogP contribution in [0.4, 0.5) is 5.13 Å². The third-order valence-corrected chi connectivity index (χ3v) is 4.23. The van der Waals surface area contributed by atoms with Crippen LogP contribution in [0.3, 0.4) is 0 Å². The van der Waals surface area contributed by atoms with Gasteiger partial charge in [-0.2, -0.15) is 0 Å². The van der Waals surface area contributed by atoms with Crippen LogP contribution in [0.1, 0.15) is 41.8 Å². The van der Waals surface area contributed by atoms with E-state index in [1.807, 2.05) is 26.2 Å². The number of benzene rings is 1. The first-order valence-corrected chi connectivity index (χ1v) is 8.64. The second kappa shape index (κ2) is 7.39. The number of carbonyl (C=O) groups excluding carboxylic acids is 1. The van der Waals surface area contributed by atoms with Gasteiger partial charge in [-0.3, -0.25) is 10.1 Å². The van der Waals surface area contributed by atoms with Gasteiger partial charge < -0.3 is 4.74 Å². The minimum atomic E-state index is -0.230. The molecule has 25 heavy (non-hydrogen) atoms. The van der Waals surface area contributed by atoms with Crippen LogP contribution in [0.2, 0.25) is 0 Å². The molecule has 0 aliphatic rings. The van der Waals surface area contributed by atoms with Crippen molar-refractivity contribution in [2.24, 2.45) is 0 Å². The molecule has 0 saturated heterocycles. The second-order valence-electron chi connectivity index (χ2n) is 5.70. The van der Waals surface area contributed by atoms with E-state index < -0.39 is 0 Å². The summed E-state index contributed by atoms with van der Waals surface area (Å²) < 4.78 is 7.43. The van der Waals surface area contributed by atoms with Gasteiger partial charge in [0, 0.05) is 10.9 Å². The Kier molecular flexibility index (Phi) is 5.03. The Balaban J connectivity index is 1.66. The molecule has 0 aliphatic heterocycles.